The van der Waals surface area contributed by atoms with Gasteiger partial charge in [-0.15, -0.1) is 0 Å². The van der Waals surface area contributed by atoms with Crippen LogP contribution in [0.15, 0.2) is 48.8 Å². The Kier molecular flexibility index (Phi) is 5.16. The van der Waals surface area contributed by atoms with E-state index in [2.05, 4.69) is 44.9 Å². The second-order valence-electron chi connectivity index (χ2n) is 7.06. The van der Waals surface area contributed by atoms with Crippen molar-refractivity contribution in [3.8, 4) is 0 Å². The largest absolute Gasteiger partial charge is 0.327 e. The average Bonchev–Trinajstić information content (AvgIpc) is 3.06. The lowest BCUT2D eigenvalue weighted by Gasteiger charge is -2.31. The lowest BCUT2D eigenvalue weighted by atomic mass is 9.97. The Balaban J connectivity index is 1.45. The predicted octanol–water partition coefficient (Wildman–Crippen LogP) is 3.30. The zero-order valence-electron chi connectivity index (χ0n) is 15.6. The minimum Gasteiger partial charge on any atom is -0.327 e. The summed E-state index contributed by atoms with van der Waals surface area (Å²) in [5.74, 6) is 1.18. The van der Waals surface area contributed by atoms with Crippen LogP contribution in [0.1, 0.15) is 25.6 Å². The van der Waals surface area contributed by atoms with Gasteiger partial charge in [-0.2, -0.15) is 0 Å². The van der Waals surface area contributed by atoms with E-state index in [0.717, 1.165) is 56.0 Å². The molecular weight excluding hydrogens is 338 g/mol. The molecule has 0 unspecified atom stereocenters. The molecule has 1 saturated heterocycles. The summed E-state index contributed by atoms with van der Waals surface area (Å²) in [4.78, 5) is 23.8. The van der Waals surface area contributed by atoms with Crippen LogP contribution in [0.5, 0.6) is 0 Å². The zero-order chi connectivity index (χ0) is 18.6. The molecule has 0 bridgehead atoms. The molecular formula is C21H25N5O. The molecule has 0 aliphatic carbocycles. The van der Waals surface area contributed by atoms with Crippen LogP contribution in [-0.4, -0.2) is 38.4 Å². The summed E-state index contributed by atoms with van der Waals surface area (Å²) in [6.07, 6.45) is 5.34. The minimum atomic E-state index is 0.00590. The number of carbonyl (C=O) groups is 1. The molecule has 0 spiro atoms. The van der Waals surface area contributed by atoms with Crippen molar-refractivity contribution in [1.82, 2.24) is 19.4 Å². The van der Waals surface area contributed by atoms with Crippen LogP contribution in [0.25, 0.3) is 11.0 Å². The number of imidazole rings is 1. The van der Waals surface area contributed by atoms with Gasteiger partial charge in [-0.05, 0) is 50.6 Å². The number of pyridine rings is 1. The summed E-state index contributed by atoms with van der Waals surface area (Å²) in [7, 11) is 0. The van der Waals surface area contributed by atoms with Gasteiger partial charge in [-0.25, -0.2) is 4.98 Å². The highest BCUT2D eigenvalue weighted by molar-refractivity contribution is 5.92. The average molecular weight is 363 g/mol. The quantitative estimate of drug-likeness (QED) is 0.755. The lowest BCUT2D eigenvalue weighted by Crippen LogP contribution is -2.40. The van der Waals surface area contributed by atoms with E-state index in [0.29, 0.717) is 0 Å². The second kappa shape index (κ2) is 7.88. The number of fused-ring (bicyclic) bond motifs is 1. The molecule has 140 valence electrons. The number of para-hydroxylation sites is 2. The van der Waals surface area contributed by atoms with Gasteiger partial charge in [-0.3, -0.25) is 14.7 Å². The molecule has 1 aliphatic rings. The summed E-state index contributed by atoms with van der Waals surface area (Å²) in [5.41, 5.74) is 3.03. The fraction of sp³-hybridized carbons (Fsp3) is 0.381. The SMILES string of the molecule is CCn1c(CN2CCC[C@@H](C(=O)Nc3ccncc3)C2)nc2ccccc21. The normalized spacial score (nSPS) is 17.9. The third-order valence-corrected chi connectivity index (χ3v) is 5.24. The van der Waals surface area contributed by atoms with E-state index in [1.807, 2.05) is 18.2 Å². The Hall–Kier alpha value is -2.73. The minimum absolute atomic E-state index is 0.00590. The molecule has 6 nitrogen and oxygen atoms in total. The molecule has 1 amide bonds. The molecule has 3 heterocycles. The van der Waals surface area contributed by atoms with Crippen LogP contribution in [0.3, 0.4) is 0 Å². The number of anilines is 1. The molecule has 27 heavy (non-hydrogen) atoms. The summed E-state index contributed by atoms with van der Waals surface area (Å²) >= 11 is 0. The van der Waals surface area contributed by atoms with Gasteiger partial charge in [0.1, 0.15) is 5.82 Å². The Morgan fingerprint density at radius 3 is 2.85 bits per heavy atom. The fourth-order valence-corrected chi connectivity index (χ4v) is 3.89. The van der Waals surface area contributed by atoms with Gasteiger partial charge < -0.3 is 9.88 Å². The molecule has 1 N–H and O–H groups in total. The smallest absolute Gasteiger partial charge is 0.228 e. The molecule has 4 rings (SSSR count). The number of rotatable bonds is 5. The number of hydrogen-bond acceptors (Lipinski definition) is 4. The van der Waals surface area contributed by atoms with Crippen molar-refractivity contribution in [2.45, 2.75) is 32.9 Å². The van der Waals surface area contributed by atoms with Gasteiger partial charge in [-0.1, -0.05) is 12.1 Å². The standard InChI is InChI=1S/C21H25N5O/c1-2-26-19-8-4-3-7-18(19)24-20(26)15-25-13-5-6-16(14-25)21(27)23-17-9-11-22-12-10-17/h3-4,7-12,16H,2,5-6,13-15H2,1H3,(H,22,23,27)/t16-/m1/s1. The van der Waals surface area contributed by atoms with Crippen LogP contribution >= 0.6 is 0 Å². The van der Waals surface area contributed by atoms with Crippen molar-refractivity contribution in [2.75, 3.05) is 18.4 Å². The van der Waals surface area contributed by atoms with E-state index in [4.69, 9.17) is 4.98 Å². The number of amides is 1. The van der Waals surface area contributed by atoms with E-state index in [-0.39, 0.29) is 11.8 Å². The number of benzene rings is 1. The molecule has 1 atom stereocenters. The first kappa shape index (κ1) is 17.7. The number of nitrogens with zero attached hydrogens (tertiary/aromatic N) is 4. The number of aromatic nitrogens is 3. The predicted molar refractivity (Wildman–Crippen MR) is 106 cm³/mol. The van der Waals surface area contributed by atoms with E-state index in [9.17, 15) is 4.79 Å². The second-order valence-corrected chi connectivity index (χ2v) is 7.06. The topological polar surface area (TPSA) is 63.1 Å². The maximum absolute atomic E-state index is 12.7. The van der Waals surface area contributed by atoms with E-state index < -0.39 is 0 Å². The zero-order valence-corrected chi connectivity index (χ0v) is 15.6. The van der Waals surface area contributed by atoms with Crippen molar-refractivity contribution in [2.24, 2.45) is 5.92 Å². The van der Waals surface area contributed by atoms with Crippen molar-refractivity contribution in [1.29, 1.82) is 0 Å². The lowest BCUT2D eigenvalue weighted by molar-refractivity contribution is -0.121. The molecule has 0 saturated carbocycles. The summed E-state index contributed by atoms with van der Waals surface area (Å²) in [6, 6.07) is 11.9. The van der Waals surface area contributed by atoms with Crippen LogP contribution in [0.4, 0.5) is 5.69 Å². The molecule has 2 aromatic heterocycles. The number of aryl methyl sites for hydroxylation is 1. The van der Waals surface area contributed by atoms with Crippen LogP contribution in [0, 0.1) is 5.92 Å². The fourth-order valence-electron chi connectivity index (χ4n) is 3.89. The Bertz CT molecular complexity index is 921. The van der Waals surface area contributed by atoms with Gasteiger partial charge in [0.25, 0.3) is 0 Å². The first-order valence-electron chi connectivity index (χ1n) is 9.62. The number of likely N-dealkylation sites (tertiary alicyclic amines) is 1. The highest BCUT2D eigenvalue weighted by Crippen LogP contribution is 2.22. The molecule has 3 aromatic rings. The van der Waals surface area contributed by atoms with Gasteiger partial charge in [0.2, 0.25) is 5.91 Å². The van der Waals surface area contributed by atoms with Crippen molar-refractivity contribution >= 4 is 22.6 Å². The number of carbonyl (C=O) groups excluding carboxylic acids is 1. The van der Waals surface area contributed by atoms with Gasteiger partial charge in [0, 0.05) is 31.2 Å². The van der Waals surface area contributed by atoms with Crippen molar-refractivity contribution < 1.29 is 4.79 Å². The third-order valence-electron chi connectivity index (χ3n) is 5.24. The van der Waals surface area contributed by atoms with Crippen LogP contribution in [0.2, 0.25) is 0 Å². The van der Waals surface area contributed by atoms with Gasteiger partial charge in [0.15, 0.2) is 0 Å². The Morgan fingerprint density at radius 2 is 2.04 bits per heavy atom. The monoisotopic (exact) mass is 363 g/mol. The van der Waals surface area contributed by atoms with Crippen molar-refractivity contribution in [3.63, 3.8) is 0 Å². The summed E-state index contributed by atoms with van der Waals surface area (Å²) < 4.78 is 2.27. The number of nitrogens with one attached hydrogen (secondary N) is 1. The molecule has 1 fully saturated rings. The maximum Gasteiger partial charge on any atom is 0.228 e. The third kappa shape index (κ3) is 3.85. The van der Waals surface area contributed by atoms with E-state index in [1.54, 1.807) is 12.4 Å². The molecule has 1 aromatic carbocycles. The number of hydrogen-bond donors (Lipinski definition) is 1. The highest BCUT2D eigenvalue weighted by Gasteiger charge is 2.27. The Labute approximate surface area is 159 Å². The number of piperidine rings is 1. The first-order valence-corrected chi connectivity index (χ1v) is 9.62. The van der Waals surface area contributed by atoms with Gasteiger partial charge >= 0.3 is 0 Å². The molecule has 6 heteroatoms. The highest BCUT2D eigenvalue weighted by atomic mass is 16.1. The van der Waals surface area contributed by atoms with Gasteiger partial charge in [0.05, 0.1) is 23.5 Å². The Morgan fingerprint density at radius 1 is 1.22 bits per heavy atom. The maximum atomic E-state index is 12.7. The summed E-state index contributed by atoms with van der Waals surface area (Å²) in [6.45, 7) is 5.60. The van der Waals surface area contributed by atoms with Crippen LogP contribution < -0.4 is 5.32 Å². The van der Waals surface area contributed by atoms with Crippen LogP contribution in [-0.2, 0) is 17.9 Å². The van der Waals surface area contributed by atoms with E-state index in [1.165, 1.54) is 5.52 Å². The first-order chi connectivity index (χ1) is 13.2. The molecule has 0 radical (unpaired) electrons. The molecule has 1 aliphatic heterocycles. The van der Waals surface area contributed by atoms with E-state index >= 15 is 0 Å². The summed E-state index contributed by atoms with van der Waals surface area (Å²) in [5, 5.41) is 3.01. The van der Waals surface area contributed by atoms with Crippen molar-refractivity contribution in [3.05, 3.63) is 54.6 Å².